The fraction of sp³-hybridized carbons (Fsp3) is 0.154. The van der Waals surface area contributed by atoms with Gasteiger partial charge in [-0.2, -0.15) is 0 Å². The van der Waals surface area contributed by atoms with E-state index in [0.717, 1.165) is 11.3 Å². The van der Waals surface area contributed by atoms with Crippen molar-refractivity contribution < 1.29 is 4.79 Å². The first kappa shape index (κ1) is 14.1. The highest BCUT2D eigenvalue weighted by Crippen LogP contribution is 2.18. The van der Waals surface area contributed by atoms with Gasteiger partial charge in [0, 0.05) is 11.8 Å². The fourth-order valence-corrected chi connectivity index (χ4v) is 2.23. The minimum atomic E-state index is -0.131. The molecule has 0 radical (unpaired) electrons. The van der Waals surface area contributed by atoms with Gasteiger partial charge < -0.3 is 16.8 Å². The number of aromatic nitrogens is 2. The summed E-state index contributed by atoms with van der Waals surface area (Å²) in [6, 6.07) is 9.05. The van der Waals surface area contributed by atoms with Gasteiger partial charge in [-0.05, 0) is 18.6 Å². The molecule has 0 atom stereocenters. The molecule has 6 nitrogen and oxygen atoms in total. The maximum atomic E-state index is 11.9. The number of carbonyl (C=O) groups is 1. The lowest BCUT2D eigenvalue weighted by atomic mass is 10.2. The first-order valence-electron chi connectivity index (χ1n) is 5.93. The van der Waals surface area contributed by atoms with Gasteiger partial charge in [-0.3, -0.25) is 4.79 Å². The largest absolute Gasteiger partial charge is 0.383 e. The number of para-hydroxylation sites is 1. The van der Waals surface area contributed by atoms with Gasteiger partial charge in [-0.1, -0.05) is 30.0 Å². The number of aryl methyl sites for hydroxylation is 1. The van der Waals surface area contributed by atoms with Gasteiger partial charge in [0.05, 0.1) is 5.75 Å². The third-order valence-corrected chi connectivity index (χ3v) is 3.34. The average Bonchev–Trinajstić information content (AvgIpc) is 2.38. The van der Waals surface area contributed by atoms with E-state index < -0.39 is 0 Å². The molecular formula is C13H15N5OS. The summed E-state index contributed by atoms with van der Waals surface area (Å²) in [5.74, 6) is 0.643. The Bertz CT molecular complexity index is 612. The van der Waals surface area contributed by atoms with E-state index in [2.05, 4.69) is 15.3 Å². The topological polar surface area (TPSA) is 107 Å². The number of benzene rings is 1. The molecule has 0 aliphatic carbocycles. The summed E-state index contributed by atoms with van der Waals surface area (Å²) < 4.78 is 0. The molecular weight excluding hydrogens is 274 g/mol. The number of nitrogens with one attached hydrogen (secondary N) is 1. The van der Waals surface area contributed by atoms with E-state index in [0.29, 0.717) is 16.8 Å². The molecule has 0 bridgehead atoms. The first-order chi connectivity index (χ1) is 9.54. The Morgan fingerprint density at radius 3 is 2.55 bits per heavy atom. The molecule has 0 saturated heterocycles. The third-order valence-electron chi connectivity index (χ3n) is 2.50. The van der Waals surface area contributed by atoms with Crippen molar-refractivity contribution in [3.8, 4) is 0 Å². The van der Waals surface area contributed by atoms with Crippen LogP contribution in [0.1, 0.15) is 5.56 Å². The number of thioether (sulfide) groups is 1. The molecule has 2 rings (SSSR count). The third kappa shape index (κ3) is 3.86. The van der Waals surface area contributed by atoms with Crippen LogP contribution >= 0.6 is 11.8 Å². The number of amides is 1. The summed E-state index contributed by atoms with van der Waals surface area (Å²) in [7, 11) is 0. The lowest BCUT2D eigenvalue weighted by molar-refractivity contribution is -0.113. The number of rotatable bonds is 4. The van der Waals surface area contributed by atoms with Crippen LogP contribution in [0.15, 0.2) is 35.5 Å². The normalized spacial score (nSPS) is 10.2. The van der Waals surface area contributed by atoms with Crippen LogP contribution in [0.2, 0.25) is 0 Å². The van der Waals surface area contributed by atoms with Gasteiger partial charge in [-0.25, -0.2) is 9.97 Å². The number of hydrogen-bond donors (Lipinski definition) is 3. The van der Waals surface area contributed by atoms with Crippen molar-refractivity contribution in [2.24, 2.45) is 0 Å². The molecule has 0 unspecified atom stereocenters. The molecule has 0 fully saturated rings. The van der Waals surface area contributed by atoms with Crippen LogP contribution in [0.5, 0.6) is 0 Å². The van der Waals surface area contributed by atoms with Crippen LogP contribution in [-0.2, 0) is 4.79 Å². The molecule has 20 heavy (non-hydrogen) atoms. The van der Waals surface area contributed by atoms with Crippen molar-refractivity contribution >= 4 is 35.0 Å². The van der Waals surface area contributed by atoms with Gasteiger partial charge >= 0.3 is 0 Å². The molecule has 1 amide bonds. The van der Waals surface area contributed by atoms with E-state index in [1.807, 2.05) is 31.2 Å². The van der Waals surface area contributed by atoms with Crippen molar-refractivity contribution in [2.45, 2.75) is 12.1 Å². The molecule has 5 N–H and O–H groups in total. The fourth-order valence-electron chi connectivity index (χ4n) is 1.56. The van der Waals surface area contributed by atoms with Gasteiger partial charge in [0.25, 0.3) is 0 Å². The molecule has 0 aliphatic heterocycles. The number of hydrogen-bond acceptors (Lipinski definition) is 6. The molecule has 2 aromatic rings. The standard InChI is InChI=1S/C13H15N5OS/c1-8-4-2-3-5-9(8)16-12(19)7-20-13-17-10(14)6-11(15)18-13/h2-6H,7H2,1H3,(H,16,19)(H4,14,15,17,18). The van der Waals surface area contributed by atoms with Crippen molar-refractivity contribution in [1.29, 1.82) is 0 Å². The van der Waals surface area contributed by atoms with Gasteiger partial charge in [0.1, 0.15) is 11.6 Å². The van der Waals surface area contributed by atoms with Crippen molar-refractivity contribution in [1.82, 2.24) is 9.97 Å². The lowest BCUT2D eigenvalue weighted by Crippen LogP contribution is -2.15. The van der Waals surface area contributed by atoms with E-state index in [9.17, 15) is 4.79 Å². The van der Waals surface area contributed by atoms with Gasteiger partial charge in [-0.15, -0.1) is 0 Å². The lowest BCUT2D eigenvalue weighted by Gasteiger charge is -2.07. The highest BCUT2D eigenvalue weighted by atomic mass is 32.2. The van der Waals surface area contributed by atoms with Gasteiger partial charge in [0.2, 0.25) is 5.91 Å². The highest BCUT2D eigenvalue weighted by molar-refractivity contribution is 7.99. The van der Waals surface area contributed by atoms with Gasteiger partial charge in [0.15, 0.2) is 5.16 Å². The van der Waals surface area contributed by atoms with Crippen molar-refractivity contribution in [2.75, 3.05) is 22.5 Å². The highest BCUT2D eigenvalue weighted by Gasteiger charge is 2.07. The predicted molar refractivity (Wildman–Crippen MR) is 81.4 cm³/mol. The number of nitrogen functional groups attached to an aromatic ring is 2. The Morgan fingerprint density at radius 1 is 1.25 bits per heavy atom. The summed E-state index contributed by atoms with van der Waals surface area (Å²) in [6.45, 7) is 1.93. The smallest absolute Gasteiger partial charge is 0.234 e. The molecule has 1 aromatic heterocycles. The molecule has 0 aliphatic rings. The molecule has 104 valence electrons. The second kappa shape index (κ2) is 6.25. The van der Waals surface area contributed by atoms with Crippen molar-refractivity contribution in [3.63, 3.8) is 0 Å². The van der Waals surface area contributed by atoms with Crippen LogP contribution in [0.3, 0.4) is 0 Å². The zero-order valence-electron chi connectivity index (χ0n) is 11.0. The number of nitrogens with zero attached hydrogens (tertiary/aromatic N) is 2. The Labute approximate surface area is 121 Å². The second-order valence-electron chi connectivity index (χ2n) is 4.15. The second-order valence-corrected chi connectivity index (χ2v) is 5.09. The zero-order valence-corrected chi connectivity index (χ0v) is 11.8. The summed E-state index contributed by atoms with van der Waals surface area (Å²) >= 11 is 1.19. The van der Waals surface area contributed by atoms with Crippen LogP contribution in [0, 0.1) is 6.92 Å². The van der Waals surface area contributed by atoms with E-state index in [1.54, 1.807) is 0 Å². The molecule has 1 aromatic carbocycles. The Hall–Kier alpha value is -2.28. The van der Waals surface area contributed by atoms with E-state index in [1.165, 1.54) is 17.8 Å². The summed E-state index contributed by atoms with van der Waals surface area (Å²) in [5, 5.41) is 3.22. The Morgan fingerprint density at radius 2 is 1.90 bits per heavy atom. The quantitative estimate of drug-likeness (QED) is 0.584. The average molecular weight is 289 g/mol. The van der Waals surface area contributed by atoms with E-state index >= 15 is 0 Å². The van der Waals surface area contributed by atoms with Crippen LogP contribution in [0.4, 0.5) is 17.3 Å². The molecule has 1 heterocycles. The first-order valence-corrected chi connectivity index (χ1v) is 6.91. The number of carbonyl (C=O) groups excluding carboxylic acids is 1. The minimum Gasteiger partial charge on any atom is -0.383 e. The van der Waals surface area contributed by atoms with Crippen LogP contribution < -0.4 is 16.8 Å². The minimum absolute atomic E-state index is 0.131. The maximum absolute atomic E-state index is 11.9. The van der Waals surface area contributed by atoms with Crippen LogP contribution in [0.25, 0.3) is 0 Å². The monoisotopic (exact) mass is 289 g/mol. The molecule has 0 spiro atoms. The number of nitrogens with two attached hydrogens (primary N) is 2. The van der Waals surface area contributed by atoms with Crippen LogP contribution in [-0.4, -0.2) is 21.6 Å². The molecule has 7 heteroatoms. The molecule has 0 saturated carbocycles. The Kier molecular flexibility index (Phi) is 4.41. The Balaban J connectivity index is 1.94. The van der Waals surface area contributed by atoms with E-state index in [4.69, 9.17) is 11.5 Å². The summed E-state index contributed by atoms with van der Waals surface area (Å²) in [5.41, 5.74) is 12.9. The van der Waals surface area contributed by atoms with Crippen molar-refractivity contribution in [3.05, 3.63) is 35.9 Å². The summed E-state index contributed by atoms with van der Waals surface area (Å²) in [4.78, 5) is 19.9. The summed E-state index contributed by atoms with van der Waals surface area (Å²) in [6.07, 6.45) is 0. The van der Waals surface area contributed by atoms with E-state index in [-0.39, 0.29) is 11.7 Å². The SMILES string of the molecule is Cc1ccccc1NC(=O)CSc1nc(N)cc(N)n1. The predicted octanol–water partition coefficient (Wildman–Crippen LogP) is 1.68. The maximum Gasteiger partial charge on any atom is 0.234 e. The number of anilines is 3. The zero-order chi connectivity index (χ0) is 14.5.